The molecule has 0 aliphatic carbocycles. The SMILES string of the molecule is CN(C)C1=NC2(CCN(Cc3cncs3)CC2)C(=O)N1. The number of carbonyl (C=O) groups is 1. The number of amides is 1. The lowest BCUT2D eigenvalue weighted by Crippen LogP contribution is -2.49. The zero-order chi connectivity index (χ0) is 14.2. The van der Waals surface area contributed by atoms with E-state index < -0.39 is 5.54 Å². The Balaban J connectivity index is 1.64. The van der Waals surface area contributed by atoms with E-state index in [0.29, 0.717) is 5.96 Å². The second-order valence-corrected chi connectivity index (χ2v) is 6.53. The van der Waals surface area contributed by atoms with Crippen molar-refractivity contribution in [3.05, 3.63) is 16.6 Å². The maximum Gasteiger partial charge on any atom is 0.254 e. The number of nitrogens with zero attached hydrogens (tertiary/aromatic N) is 4. The van der Waals surface area contributed by atoms with Gasteiger partial charge in [-0.2, -0.15) is 0 Å². The fourth-order valence-electron chi connectivity index (χ4n) is 2.67. The van der Waals surface area contributed by atoms with Gasteiger partial charge < -0.3 is 4.90 Å². The summed E-state index contributed by atoms with van der Waals surface area (Å²) in [4.78, 5) is 26.4. The lowest BCUT2D eigenvalue weighted by molar-refractivity contribution is -0.125. The van der Waals surface area contributed by atoms with E-state index in [4.69, 9.17) is 0 Å². The Hall–Kier alpha value is -1.47. The molecule has 3 heterocycles. The fraction of sp³-hybridized carbons (Fsp3) is 0.615. The summed E-state index contributed by atoms with van der Waals surface area (Å²) in [6.45, 7) is 2.72. The van der Waals surface area contributed by atoms with Gasteiger partial charge in [0.05, 0.1) is 5.51 Å². The predicted octanol–water partition coefficient (Wildman–Crippen LogP) is 0.525. The largest absolute Gasteiger partial charge is 0.349 e. The van der Waals surface area contributed by atoms with E-state index in [-0.39, 0.29) is 5.91 Å². The van der Waals surface area contributed by atoms with Crippen molar-refractivity contribution in [3.63, 3.8) is 0 Å². The summed E-state index contributed by atoms with van der Waals surface area (Å²) in [5.41, 5.74) is 1.32. The van der Waals surface area contributed by atoms with Crippen molar-refractivity contribution in [1.82, 2.24) is 20.1 Å². The van der Waals surface area contributed by atoms with Crippen LogP contribution in [0.3, 0.4) is 0 Å². The molecule has 1 spiro atoms. The van der Waals surface area contributed by atoms with Crippen molar-refractivity contribution in [3.8, 4) is 0 Å². The van der Waals surface area contributed by atoms with Gasteiger partial charge in [0.2, 0.25) is 5.96 Å². The lowest BCUT2D eigenvalue weighted by atomic mass is 9.88. The zero-order valence-corrected chi connectivity index (χ0v) is 12.6. The molecule has 108 valence electrons. The van der Waals surface area contributed by atoms with Gasteiger partial charge in [-0.05, 0) is 12.8 Å². The van der Waals surface area contributed by atoms with E-state index in [9.17, 15) is 4.79 Å². The Labute approximate surface area is 122 Å². The molecule has 0 unspecified atom stereocenters. The molecular weight excluding hydrogens is 274 g/mol. The topological polar surface area (TPSA) is 60.8 Å². The van der Waals surface area contributed by atoms with E-state index in [1.54, 1.807) is 11.3 Å². The number of piperidine rings is 1. The molecule has 1 N–H and O–H groups in total. The summed E-state index contributed by atoms with van der Waals surface area (Å²) in [6.07, 6.45) is 3.49. The van der Waals surface area contributed by atoms with Gasteiger partial charge in [0.15, 0.2) is 0 Å². The van der Waals surface area contributed by atoms with Crippen LogP contribution in [0.15, 0.2) is 16.7 Å². The van der Waals surface area contributed by atoms with Crippen molar-refractivity contribution in [2.75, 3.05) is 27.2 Å². The van der Waals surface area contributed by atoms with Crippen LogP contribution in [0.2, 0.25) is 0 Å². The molecule has 1 saturated heterocycles. The molecule has 0 saturated carbocycles. The molecule has 0 bridgehead atoms. The van der Waals surface area contributed by atoms with Gasteiger partial charge >= 0.3 is 0 Å². The van der Waals surface area contributed by atoms with Crippen LogP contribution in [-0.4, -0.2) is 59.4 Å². The maximum atomic E-state index is 12.2. The third kappa shape index (κ3) is 2.43. The predicted molar refractivity (Wildman–Crippen MR) is 78.6 cm³/mol. The Morgan fingerprint density at radius 3 is 2.75 bits per heavy atom. The molecule has 3 rings (SSSR count). The molecule has 20 heavy (non-hydrogen) atoms. The number of nitrogens with one attached hydrogen (secondary N) is 1. The van der Waals surface area contributed by atoms with Crippen LogP contribution in [0.25, 0.3) is 0 Å². The number of hydrogen-bond acceptors (Lipinski definition) is 6. The maximum absolute atomic E-state index is 12.2. The van der Waals surface area contributed by atoms with Gasteiger partial charge in [-0.3, -0.25) is 20.0 Å². The van der Waals surface area contributed by atoms with Crippen LogP contribution in [0.1, 0.15) is 17.7 Å². The first kappa shape index (κ1) is 13.5. The van der Waals surface area contributed by atoms with E-state index in [1.807, 2.05) is 30.7 Å². The van der Waals surface area contributed by atoms with Crippen LogP contribution >= 0.6 is 11.3 Å². The van der Waals surface area contributed by atoms with Crippen LogP contribution in [0.4, 0.5) is 0 Å². The fourth-order valence-corrected chi connectivity index (χ4v) is 3.31. The molecule has 2 aliphatic rings. The van der Waals surface area contributed by atoms with Gasteiger partial charge in [-0.15, -0.1) is 11.3 Å². The number of likely N-dealkylation sites (tertiary alicyclic amines) is 1. The second kappa shape index (κ2) is 5.14. The zero-order valence-electron chi connectivity index (χ0n) is 11.8. The van der Waals surface area contributed by atoms with Crippen LogP contribution < -0.4 is 5.32 Å². The van der Waals surface area contributed by atoms with E-state index in [2.05, 4.69) is 20.2 Å². The summed E-state index contributed by atoms with van der Waals surface area (Å²) >= 11 is 1.68. The van der Waals surface area contributed by atoms with Crippen molar-refractivity contribution < 1.29 is 4.79 Å². The molecule has 0 aromatic carbocycles. The minimum atomic E-state index is -0.538. The molecule has 0 atom stereocenters. The smallest absolute Gasteiger partial charge is 0.254 e. The number of rotatable bonds is 2. The number of hydrogen-bond donors (Lipinski definition) is 1. The number of guanidine groups is 1. The van der Waals surface area contributed by atoms with Crippen LogP contribution in [0, 0.1) is 0 Å². The summed E-state index contributed by atoms with van der Waals surface area (Å²) in [5.74, 6) is 0.740. The Kier molecular flexibility index (Phi) is 3.47. The minimum absolute atomic E-state index is 0.0543. The van der Waals surface area contributed by atoms with Crippen LogP contribution in [-0.2, 0) is 11.3 Å². The summed E-state index contributed by atoms with van der Waals surface area (Å²) in [7, 11) is 3.80. The normalized spacial score (nSPS) is 21.9. The second-order valence-electron chi connectivity index (χ2n) is 5.56. The third-order valence-corrected chi connectivity index (χ3v) is 4.70. The van der Waals surface area contributed by atoms with Crippen molar-refractivity contribution in [1.29, 1.82) is 0 Å². The summed E-state index contributed by atoms with van der Waals surface area (Å²) in [6, 6.07) is 0. The van der Waals surface area contributed by atoms with Crippen LogP contribution in [0.5, 0.6) is 0 Å². The first-order chi connectivity index (χ1) is 9.59. The Morgan fingerprint density at radius 2 is 2.20 bits per heavy atom. The number of aliphatic imine (C=N–C) groups is 1. The molecule has 7 heteroatoms. The highest BCUT2D eigenvalue weighted by Crippen LogP contribution is 2.30. The molecule has 1 aromatic heterocycles. The quantitative estimate of drug-likeness (QED) is 0.864. The molecule has 1 aromatic rings. The number of thiazole rings is 1. The Morgan fingerprint density at radius 1 is 1.45 bits per heavy atom. The van der Waals surface area contributed by atoms with Gasteiger partial charge in [0.25, 0.3) is 5.91 Å². The minimum Gasteiger partial charge on any atom is -0.349 e. The summed E-state index contributed by atoms with van der Waals surface area (Å²) < 4.78 is 0. The molecule has 6 nitrogen and oxygen atoms in total. The highest BCUT2D eigenvalue weighted by atomic mass is 32.1. The van der Waals surface area contributed by atoms with E-state index >= 15 is 0 Å². The standard InChI is InChI=1S/C13H19N5OS/c1-17(2)12-15-11(19)13(16-12)3-5-18(6-4-13)8-10-7-14-9-20-10/h7,9H,3-6,8H2,1-2H3,(H,15,16,19). The molecule has 1 amide bonds. The monoisotopic (exact) mass is 293 g/mol. The van der Waals surface area contributed by atoms with Crippen molar-refractivity contribution in [2.45, 2.75) is 24.9 Å². The first-order valence-electron chi connectivity index (χ1n) is 6.77. The molecule has 0 radical (unpaired) electrons. The van der Waals surface area contributed by atoms with Gasteiger partial charge in [-0.25, -0.2) is 4.99 Å². The van der Waals surface area contributed by atoms with Crippen molar-refractivity contribution in [2.24, 2.45) is 4.99 Å². The highest BCUT2D eigenvalue weighted by molar-refractivity contribution is 7.09. The van der Waals surface area contributed by atoms with Crippen molar-refractivity contribution >= 4 is 23.2 Å². The van der Waals surface area contributed by atoms with Gasteiger partial charge in [-0.1, -0.05) is 0 Å². The average molecular weight is 293 g/mol. The third-order valence-electron chi connectivity index (χ3n) is 3.94. The van der Waals surface area contributed by atoms with E-state index in [0.717, 1.165) is 32.5 Å². The number of aromatic nitrogens is 1. The summed E-state index contributed by atoms with van der Waals surface area (Å²) in [5, 5.41) is 2.88. The van der Waals surface area contributed by atoms with Gasteiger partial charge in [0.1, 0.15) is 5.54 Å². The Bertz CT molecular complexity index is 517. The average Bonchev–Trinajstić information content (AvgIpc) is 3.02. The molecule has 2 aliphatic heterocycles. The first-order valence-corrected chi connectivity index (χ1v) is 7.65. The molecule has 1 fully saturated rings. The van der Waals surface area contributed by atoms with E-state index in [1.165, 1.54) is 4.88 Å². The lowest BCUT2D eigenvalue weighted by Gasteiger charge is -2.35. The molecular formula is C13H19N5OS. The number of carbonyl (C=O) groups excluding carboxylic acids is 1. The highest BCUT2D eigenvalue weighted by Gasteiger charge is 2.46. The van der Waals surface area contributed by atoms with Gasteiger partial charge in [0, 0.05) is 44.8 Å².